The zero-order chi connectivity index (χ0) is 27.3. The summed E-state index contributed by atoms with van der Waals surface area (Å²) in [5, 5.41) is 12.5. The molecule has 0 bridgehead atoms. The third-order valence-electron chi connectivity index (χ3n) is 6.29. The van der Waals surface area contributed by atoms with E-state index < -0.39 is 10.7 Å². The molecule has 0 fully saturated rings. The van der Waals surface area contributed by atoms with Gasteiger partial charge in [-0.15, -0.1) is 11.8 Å². The fraction of sp³-hybridized carbons (Fsp3) is 0.414. The van der Waals surface area contributed by atoms with Gasteiger partial charge in [0.2, 0.25) is 0 Å². The monoisotopic (exact) mass is 523 g/mol. The first-order valence-electron chi connectivity index (χ1n) is 12.5. The summed E-state index contributed by atoms with van der Waals surface area (Å²) in [6.07, 6.45) is 2.04. The van der Waals surface area contributed by atoms with E-state index in [0.717, 1.165) is 46.9 Å². The number of nitrogens with zero attached hydrogens (tertiary/aromatic N) is 2. The summed E-state index contributed by atoms with van der Waals surface area (Å²) in [7, 11) is 1.58. The third kappa shape index (κ3) is 6.74. The molecule has 37 heavy (non-hydrogen) atoms. The molecule has 0 saturated heterocycles. The summed E-state index contributed by atoms with van der Waals surface area (Å²) in [5.74, 6) is 0.748. The van der Waals surface area contributed by atoms with Crippen molar-refractivity contribution < 1.29 is 19.4 Å². The summed E-state index contributed by atoms with van der Waals surface area (Å²) >= 11 is 1.30. The Morgan fingerprint density at radius 3 is 2.41 bits per heavy atom. The van der Waals surface area contributed by atoms with Crippen molar-refractivity contribution in [2.45, 2.75) is 70.6 Å². The second-order valence-electron chi connectivity index (χ2n) is 10.1. The van der Waals surface area contributed by atoms with Crippen LogP contribution in [0.1, 0.15) is 62.3 Å². The van der Waals surface area contributed by atoms with Gasteiger partial charge in [0.05, 0.1) is 12.8 Å². The number of aliphatic carboxylic acids is 1. The molecule has 2 aromatic carbocycles. The van der Waals surface area contributed by atoms with E-state index in [9.17, 15) is 14.7 Å². The van der Waals surface area contributed by atoms with E-state index in [0.29, 0.717) is 23.0 Å². The zero-order valence-corrected chi connectivity index (χ0v) is 23.5. The van der Waals surface area contributed by atoms with Gasteiger partial charge < -0.3 is 19.7 Å². The van der Waals surface area contributed by atoms with Crippen LogP contribution in [0.2, 0.25) is 0 Å². The Bertz CT molecular complexity index is 1260. The number of hydrogen-bond acceptors (Lipinski definition) is 5. The van der Waals surface area contributed by atoms with Gasteiger partial charge in [-0.3, -0.25) is 9.59 Å². The van der Waals surface area contributed by atoms with Crippen LogP contribution in [0, 0.1) is 19.8 Å². The van der Waals surface area contributed by atoms with Crippen LogP contribution in [-0.4, -0.2) is 38.4 Å². The summed E-state index contributed by atoms with van der Waals surface area (Å²) in [6.45, 7) is 12.4. The summed E-state index contributed by atoms with van der Waals surface area (Å²) in [5.41, 5.74) is 3.58. The smallest absolute Gasteiger partial charge is 0.319 e. The Labute approximate surface area is 223 Å². The molecule has 3 aromatic rings. The Morgan fingerprint density at radius 1 is 1.14 bits per heavy atom. The fourth-order valence-corrected chi connectivity index (χ4v) is 5.00. The quantitative estimate of drug-likeness (QED) is 0.268. The largest absolute Gasteiger partial charge is 0.495 e. The van der Waals surface area contributed by atoms with E-state index in [-0.39, 0.29) is 5.91 Å². The molecule has 1 aromatic heterocycles. The fourth-order valence-electron chi connectivity index (χ4n) is 4.05. The summed E-state index contributed by atoms with van der Waals surface area (Å²) < 4.78 is 6.62. The molecule has 0 unspecified atom stereocenters. The van der Waals surface area contributed by atoms with E-state index in [1.807, 2.05) is 56.3 Å². The standard InChI is InChI=1S/C29H37N3O4S/c1-18(2)10-9-17-32-20(4)25(27(33)31-24-19(3)11-8-12-23(24)36-7)30-26(32)21-13-15-22(16-14-21)37-29(5,6)28(34)35/h8,11-16,18H,9-10,17H2,1-7H3,(H,31,33)(H,34,35). The number of methoxy groups -OCH3 is 1. The number of carbonyl (C=O) groups is 2. The van der Waals surface area contributed by atoms with Crippen LogP contribution in [0.5, 0.6) is 5.75 Å². The van der Waals surface area contributed by atoms with Crippen LogP contribution in [0.4, 0.5) is 5.69 Å². The second-order valence-corrected chi connectivity index (χ2v) is 11.8. The van der Waals surface area contributed by atoms with Crippen LogP contribution in [0.25, 0.3) is 11.4 Å². The van der Waals surface area contributed by atoms with Gasteiger partial charge in [-0.1, -0.05) is 38.1 Å². The Hall–Kier alpha value is -3.26. The SMILES string of the molecule is COc1cccc(C)c1NC(=O)c1nc(-c2ccc(SC(C)(C)C(=O)O)cc2)n(CCCC(C)C)c1C. The molecule has 2 N–H and O–H groups in total. The van der Waals surface area contributed by atoms with Crippen molar-refractivity contribution in [2.75, 3.05) is 12.4 Å². The highest BCUT2D eigenvalue weighted by Crippen LogP contribution is 2.34. The van der Waals surface area contributed by atoms with Crippen molar-refractivity contribution in [2.24, 2.45) is 5.92 Å². The third-order valence-corrected chi connectivity index (χ3v) is 7.49. The topological polar surface area (TPSA) is 93.4 Å². The van der Waals surface area contributed by atoms with Crippen molar-refractivity contribution in [3.8, 4) is 17.1 Å². The van der Waals surface area contributed by atoms with Crippen LogP contribution >= 0.6 is 11.8 Å². The average molecular weight is 524 g/mol. The van der Waals surface area contributed by atoms with E-state index >= 15 is 0 Å². The highest BCUT2D eigenvalue weighted by Gasteiger charge is 2.28. The highest BCUT2D eigenvalue weighted by molar-refractivity contribution is 8.01. The first-order chi connectivity index (χ1) is 17.4. The number of aryl methyl sites for hydroxylation is 1. The van der Waals surface area contributed by atoms with Gasteiger partial charge in [0.15, 0.2) is 0 Å². The van der Waals surface area contributed by atoms with Crippen molar-refractivity contribution in [1.29, 1.82) is 0 Å². The second kappa shape index (κ2) is 11.9. The van der Waals surface area contributed by atoms with Crippen LogP contribution in [-0.2, 0) is 11.3 Å². The van der Waals surface area contributed by atoms with Gasteiger partial charge in [-0.05, 0) is 70.2 Å². The minimum absolute atomic E-state index is 0.288. The van der Waals surface area contributed by atoms with Crippen LogP contribution < -0.4 is 10.1 Å². The molecule has 0 atom stereocenters. The van der Waals surface area contributed by atoms with Crippen LogP contribution in [0.15, 0.2) is 47.4 Å². The lowest BCUT2D eigenvalue weighted by Crippen LogP contribution is -2.26. The van der Waals surface area contributed by atoms with Crippen LogP contribution in [0.3, 0.4) is 0 Å². The Balaban J connectivity index is 1.97. The molecule has 0 aliphatic carbocycles. The molecule has 0 radical (unpaired) electrons. The van der Waals surface area contributed by atoms with E-state index in [2.05, 4.69) is 23.7 Å². The van der Waals surface area contributed by atoms with E-state index in [4.69, 9.17) is 9.72 Å². The lowest BCUT2D eigenvalue weighted by Gasteiger charge is -2.18. The molecule has 1 amide bonds. The number of benzene rings is 2. The van der Waals surface area contributed by atoms with Crippen molar-refractivity contribution in [3.05, 3.63) is 59.4 Å². The number of rotatable bonds is 11. The van der Waals surface area contributed by atoms with Gasteiger partial charge in [0, 0.05) is 22.7 Å². The van der Waals surface area contributed by atoms with E-state index in [1.165, 1.54) is 11.8 Å². The Kier molecular flexibility index (Phi) is 9.07. The van der Waals surface area contributed by atoms with Gasteiger partial charge in [-0.2, -0.15) is 0 Å². The number of ether oxygens (including phenoxy) is 1. The zero-order valence-electron chi connectivity index (χ0n) is 22.7. The number of imidazole rings is 1. The number of hydrogen-bond donors (Lipinski definition) is 2. The average Bonchev–Trinajstić information content (AvgIpc) is 3.16. The number of thioether (sulfide) groups is 1. The molecule has 8 heteroatoms. The lowest BCUT2D eigenvalue weighted by molar-refractivity contribution is -0.138. The molecular weight excluding hydrogens is 486 g/mol. The minimum atomic E-state index is -0.935. The molecule has 3 rings (SSSR count). The van der Waals surface area contributed by atoms with Crippen molar-refractivity contribution in [3.63, 3.8) is 0 Å². The number of carbonyl (C=O) groups excluding carboxylic acids is 1. The Morgan fingerprint density at radius 2 is 1.81 bits per heavy atom. The molecule has 0 spiro atoms. The van der Waals surface area contributed by atoms with Crippen molar-refractivity contribution in [1.82, 2.24) is 9.55 Å². The first-order valence-corrected chi connectivity index (χ1v) is 13.3. The first kappa shape index (κ1) is 28.3. The molecular formula is C29H37N3O4S. The minimum Gasteiger partial charge on any atom is -0.495 e. The van der Waals surface area contributed by atoms with Gasteiger partial charge in [0.1, 0.15) is 22.0 Å². The van der Waals surface area contributed by atoms with E-state index in [1.54, 1.807) is 21.0 Å². The number of anilines is 1. The number of carboxylic acid groups (broad SMARTS) is 1. The van der Waals surface area contributed by atoms with Crippen molar-refractivity contribution >= 4 is 29.3 Å². The number of carboxylic acids is 1. The predicted molar refractivity (Wildman–Crippen MR) is 150 cm³/mol. The molecule has 0 saturated carbocycles. The summed E-state index contributed by atoms with van der Waals surface area (Å²) in [6, 6.07) is 13.3. The van der Waals surface area contributed by atoms with Gasteiger partial charge in [0.25, 0.3) is 5.91 Å². The predicted octanol–water partition coefficient (Wildman–Crippen LogP) is 6.82. The molecule has 7 nitrogen and oxygen atoms in total. The number of amides is 1. The van der Waals surface area contributed by atoms with Gasteiger partial charge in [-0.25, -0.2) is 4.98 Å². The maximum Gasteiger partial charge on any atom is 0.319 e. The normalized spacial score (nSPS) is 11.6. The molecule has 198 valence electrons. The van der Waals surface area contributed by atoms with Gasteiger partial charge >= 0.3 is 5.97 Å². The lowest BCUT2D eigenvalue weighted by atomic mass is 10.1. The highest BCUT2D eigenvalue weighted by atomic mass is 32.2. The molecule has 0 aliphatic heterocycles. The molecule has 1 heterocycles. The number of aromatic nitrogens is 2. The number of nitrogens with one attached hydrogen (secondary N) is 1. The summed E-state index contributed by atoms with van der Waals surface area (Å²) in [4.78, 5) is 30.6. The maximum absolute atomic E-state index is 13.4. The molecule has 0 aliphatic rings. The number of para-hydroxylation sites is 1. The maximum atomic E-state index is 13.4.